The first-order chi connectivity index (χ1) is 10.3. The molecule has 2 aromatic heterocycles. The van der Waals surface area contributed by atoms with Gasteiger partial charge in [-0.2, -0.15) is 0 Å². The number of H-pyrrole nitrogens is 1. The number of nitrogens with zero attached hydrogens (tertiary/aromatic N) is 3. The quantitative estimate of drug-likeness (QED) is 0.886. The number of ether oxygens (including phenoxy) is 1. The second-order valence-electron chi connectivity index (χ2n) is 5.41. The zero-order chi connectivity index (χ0) is 14.5. The van der Waals surface area contributed by atoms with Crippen molar-refractivity contribution in [3.8, 4) is 0 Å². The van der Waals surface area contributed by atoms with E-state index in [-0.39, 0.29) is 0 Å². The summed E-state index contributed by atoms with van der Waals surface area (Å²) < 4.78 is 5.49. The minimum absolute atomic E-state index is 0.439. The topological polar surface area (TPSA) is 44.4 Å². The summed E-state index contributed by atoms with van der Waals surface area (Å²) in [5, 5.41) is 2.16. The van der Waals surface area contributed by atoms with Crippen LogP contribution < -0.4 is 0 Å². The lowest BCUT2D eigenvalue weighted by Crippen LogP contribution is -2.42. The molecule has 21 heavy (non-hydrogen) atoms. The first kappa shape index (κ1) is 14.7. The van der Waals surface area contributed by atoms with Gasteiger partial charge in [0.1, 0.15) is 5.82 Å². The van der Waals surface area contributed by atoms with Crippen LogP contribution in [-0.4, -0.2) is 59.7 Å². The van der Waals surface area contributed by atoms with Crippen LogP contribution in [0.1, 0.15) is 16.7 Å². The van der Waals surface area contributed by atoms with Crippen molar-refractivity contribution in [1.82, 2.24) is 19.8 Å². The van der Waals surface area contributed by atoms with Gasteiger partial charge in [-0.3, -0.25) is 9.80 Å². The number of thiophene rings is 1. The molecule has 0 bridgehead atoms. The lowest BCUT2D eigenvalue weighted by molar-refractivity contribution is 0.00951. The fourth-order valence-corrected chi connectivity index (χ4v) is 3.61. The van der Waals surface area contributed by atoms with Crippen LogP contribution in [0.5, 0.6) is 0 Å². The number of morpholine rings is 1. The molecule has 114 valence electrons. The molecular weight excluding hydrogens is 284 g/mol. The van der Waals surface area contributed by atoms with Gasteiger partial charge in [0, 0.05) is 36.9 Å². The van der Waals surface area contributed by atoms with Gasteiger partial charge in [0.05, 0.1) is 25.8 Å². The normalized spacial score (nSPS) is 18.2. The SMILES string of the molecule is CN(Cc1ncc[nH]1)CC(c1cccs1)N1CCOCC1. The van der Waals surface area contributed by atoms with Crippen molar-refractivity contribution >= 4 is 11.3 Å². The molecule has 1 saturated heterocycles. The molecule has 3 heterocycles. The molecule has 6 heteroatoms. The first-order valence-corrected chi connectivity index (χ1v) is 8.23. The third kappa shape index (κ3) is 3.91. The van der Waals surface area contributed by atoms with E-state index in [1.165, 1.54) is 4.88 Å². The second-order valence-corrected chi connectivity index (χ2v) is 6.39. The highest BCUT2D eigenvalue weighted by Gasteiger charge is 2.24. The molecule has 1 aliphatic rings. The maximum atomic E-state index is 5.49. The van der Waals surface area contributed by atoms with E-state index in [2.05, 4.69) is 44.3 Å². The van der Waals surface area contributed by atoms with Crippen LogP contribution in [0.4, 0.5) is 0 Å². The number of likely N-dealkylation sites (N-methyl/N-ethyl adjacent to an activating group) is 1. The Kier molecular flexibility index (Phi) is 5.03. The number of hydrogen-bond acceptors (Lipinski definition) is 5. The summed E-state index contributed by atoms with van der Waals surface area (Å²) >= 11 is 1.84. The van der Waals surface area contributed by atoms with Crippen molar-refractivity contribution in [3.63, 3.8) is 0 Å². The van der Waals surface area contributed by atoms with Crippen molar-refractivity contribution in [2.75, 3.05) is 39.9 Å². The Hall–Kier alpha value is -1.21. The van der Waals surface area contributed by atoms with E-state index >= 15 is 0 Å². The minimum atomic E-state index is 0.439. The molecule has 0 aromatic carbocycles. The Morgan fingerprint density at radius 2 is 2.33 bits per heavy atom. The molecule has 0 radical (unpaired) electrons. The van der Waals surface area contributed by atoms with Crippen LogP contribution in [0.3, 0.4) is 0 Å². The molecule has 0 amide bonds. The molecule has 0 spiro atoms. The first-order valence-electron chi connectivity index (χ1n) is 7.35. The number of rotatable bonds is 6. The zero-order valence-corrected chi connectivity index (χ0v) is 13.2. The van der Waals surface area contributed by atoms with Gasteiger partial charge in [-0.15, -0.1) is 11.3 Å². The average Bonchev–Trinajstić information content (AvgIpc) is 3.19. The van der Waals surface area contributed by atoms with E-state index in [1.54, 1.807) is 0 Å². The van der Waals surface area contributed by atoms with Crippen LogP contribution in [-0.2, 0) is 11.3 Å². The molecule has 2 aromatic rings. The van der Waals surface area contributed by atoms with Gasteiger partial charge < -0.3 is 9.72 Å². The fraction of sp³-hybridized carbons (Fsp3) is 0.533. The Balaban J connectivity index is 1.66. The van der Waals surface area contributed by atoms with E-state index in [0.717, 1.165) is 45.2 Å². The average molecular weight is 306 g/mol. The van der Waals surface area contributed by atoms with Gasteiger partial charge in [0.2, 0.25) is 0 Å². The molecule has 1 atom stereocenters. The Morgan fingerprint density at radius 1 is 1.48 bits per heavy atom. The maximum absolute atomic E-state index is 5.49. The third-order valence-corrected chi connectivity index (χ3v) is 4.79. The molecular formula is C15H22N4OS. The summed E-state index contributed by atoms with van der Waals surface area (Å²) in [5.41, 5.74) is 0. The van der Waals surface area contributed by atoms with E-state index in [1.807, 2.05) is 23.7 Å². The van der Waals surface area contributed by atoms with Gasteiger partial charge in [-0.1, -0.05) is 6.07 Å². The van der Waals surface area contributed by atoms with E-state index < -0.39 is 0 Å². The van der Waals surface area contributed by atoms with Crippen molar-refractivity contribution < 1.29 is 4.74 Å². The van der Waals surface area contributed by atoms with Crippen molar-refractivity contribution in [1.29, 1.82) is 0 Å². The molecule has 3 rings (SSSR count). The predicted octanol–water partition coefficient (Wildman–Crippen LogP) is 1.98. The summed E-state index contributed by atoms with van der Waals surface area (Å²) in [7, 11) is 2.16. The number of hydrogen-bond donors (Lipinski definition) is 1. The summed E-state index contributed by atoms with van der Waals surface area (Å²) in [6.45, 7) is 5.54. The standard InChI is InChI=1S/C15H22N4OS/c1-18(12-15-16-4-5-17-15)11-13(14-3-2-10-21-14)19-6-8-20-9-7-19/h2-5,10,13H,6-9,11-12H2,1H3,(H,16,17). The van der Waals surface area contributed by atoms with Gasteiger partial charge in [0.15, 0.2) is 0 Å². The molecule has 0 aliphatic carbocycles. The van der Waals surface area contributed by atoms with E-state index in [0.29, 0.717) is 6.04 Å². The lowest BCUT2D eigenvalue weighted by atomic mass is 10.1. The van der Waals surface area contributed by atoms with Crippen LogP contribution in [0.25, 0.3) is 0 Å². The number of nitrogens with one attached hydrogen (secondary N) is 1. The third-order valence-electron chi connectivity index (χ3n) is 3.82. The highest BCUT2D eigenvalue weighted by Crippen LogP contribution is 2.26. The van der Waals surface area contributed by atoms with Gasteiger partial charge in [-0.25, -0.2) is 4.98 Å². The highest BCUT2D eigenvalue weighted by molar-refractivity contribution is 7.10. The predicted molar refractivity (Wildman–Crippen MR) is 84.4 cm³/mol. The molecule has 1 unspecified atom stereocenters. The zero-order valence-electron chi connectivity index (χ0n) is 12.4. The van der Waals surface area contributed by atoms with E-state index in [4.69, 9.17) is 4.74 Å². The maximum Gasteiger partial charge on any atom is 0.120 e. The summed E-state index contributed by atoms with van der Waals surface area (Å²) in [4.78, 5) is 13.8. The van der Waals surface area contributed by atoms with Crippen molar-refractivity contribution in [2.24, 2.45) is 0 Å². The van der Waals surface area contributed by atoms with E-state index in [9.17, 15) is 0 Å². The highest BCUT2D eigenvalue weighted by atomic mass is 32.1. The molecule has 1 fully saturated rings. The minimum Gasteiger partial charge on any atom is -0.379 e. The van der Waals surface area contributed by atoms with Crippen molar-refractivity contribution in [3.05, 3.63) is 40.6 Å². The fourth-order valence-electron chi connectivity index (χ4n) is 2.76. The van der Waals surface area contributed by atoms with Gasteiger partial charge >= 0.3 is 0 Å². The van der Waals surface area contributed by atoms with Crippen LogP contribution in [0, 0.1) is 0 Å². The summed E-state index contributed by atoms with van der Waals surface area (Å²) in [6.07, 6.45) is 3.68. The monoisotopic (exact) mass is 306 g/mol. The van der Waals surface area contributed by atoms with Crippen LogP contribution >= 0.6 is 11.3 Å². The Labute approximate surface area is 129 Å². The van der Waals surface area contributed by atoms with Crippen molar-refractivity contribution in [2.45, 2.75) is 12.6 Å². The number of imidazole rings is 1. The Bertz CT molecular complexity index is 508. The summed E-state index contributed by atoms with van der Waals surface area (Å²) in [5.74, 6) is 1.02. The molecule has 0 saturated carbocycles. The number of aromatic nitrogens is 2. The largest absolute Gasteiger partial charge is 0.379 e. The second kappa shape index (κ2) is 7.17. The molecule has 1 N–H and O–H groups in total. The molecule has 5 nitrogen and oxygen atoms in total. The smallest absolute Gasteiger partial charge is 0.120 e. The van der Waals surface area contributed by atoms with Crippen LogP contribution in [0.15, 0.2) is 29.9 Å². The van der Waals surface area contributed by atoms with Gasteiger partial charge in [0.25, 0.3) is 0 Å². The van der Waals surface area contributed by atoms with Gasteiger partial charge in [-0.05, 0) is 18.5 Å². The van der Waals surface area contributed by atoms with Crippen LogP contribution in [0.2, 0.25) is 0 Å². The lowest BCUT2D eigenvalue weighted by Gasteiger charge is -2.36. The summed E-state index contributed by atoms with van der Waals surface area (Å²) in [6, 6.07) is 4.82. The molecule has 1 aliphatic heterocycles. The number of aromatic amines is 1. The Morgan fingerprint density at radius 3 is 3.00 bits per heavy atom.